The molecule has 2 heterocycles. The van der Waals surface area contributed by atoms with Gasteiger partial charge in [0, 0.05) is 12.6 Å². The summed E-state index contributed by atoms with van der Waals surface area (Å²) in [7, 11) is 0. The maximum absolute atomic E-state index is 5.60. The molecule has 3 aromatic rings. The van der Waals surface area contributed by atoms with Crippen molar-refractivity contribution < 1.29 is 0 Å². The third-order valence-electron chi connectivity index (χ3n) is 3.43. The van der Waals surface area contributed by atoms with Gasteiger partial charge in [-0.05, 0) is 42.3 Å². The van der Waals surface area contributed by atoms with Crippen LogP contribution < -0.4 is 5.73 Å². The van der Waals surface area contributed by atoms with Crippen molar-refractivity contribution in [2.24, 2.45) is 5.73 Å². The monoisotopic (exact) mass is 251 g/mol. The van der Waals surface area contributed by atoms with Crippen LogP contribution in [-0.4, -0.2) is 15.9 Å². The lowest BCUT2D eigenvalue weighted by molar-refractivity contribution is 0.863. The number of nitrogens with zero attached hydrogens (tertiary/aromatic N) is 2. The number of benzene rings is 1. The van der Waals surface area contributed by atoms with Crippen molar-refractivity contribution in [2.75, 3.05) is 6.54 Å². The number of pyridine rings is 1. The molecule has 0 amide bonds. The molecule has 0 radical (unpaired) electrons. The van der Waals surface area contributed by atoms with Gasteiger partial charge in [-0.1, -0.05) is 24.3 Å². The molecule has 96 valence electrons. The fourth-order valence-corrected chi connectivity index (χ4v) is 2.43. The molecule has 1 aromatic carbocycles. The fourth-order valence-electron chi connectivity index (χ4n) is 2.43. The highest BCUT2D eigenvalue weighted by atomic mass is 15.0. The lowest BCUT2D eigenvalue weighted by Crippen LogP contribution is -2.06. The largest absolute Gasteiger partial charge is 0.330 e. The molecule has 0 fully saturated rings. The van der Waals surface area contributed by atoms with E-state index in [1.54, 1.807) is 0 Å². The second-order valence-electron chi connectivity index (χ2n) is 4.74. The van der Waals surface area contributed by atoms with E-state index in [9.17, 15) is 0 Å². The summed E-state index contributed by atoms with van der Waals surface area (Å²) in [4.78, 5) is 4.43. The molecule has 19 heavy (non-hydrogen) atoms. The Morgan fingerprint density at radius 3 is 2.84 bits per heavy atom. The van der Waals surface area contributed by atoms with Crippen LogP contribution in [0.5, 0.6) is 0 Å². The van der Waals surface area contributed by atoms with Gasteiger partial charge in [-0.2, -0.15) is 0 Å². The summed E-state index contributed by atoms with van der Waals surface area (Å²) in [5, 5.41) is 0. The average Bonchev–Trinajstić information content (AvgIpc) is 2.82. The molecular weight excluding hydrogens is 234 g/mol. The Labute approximate surface area is 112 Å². The maximum atomic E-state index is 5.60. The van der Waals surface area contributed by atoms with Gasteiger partial charge >= 0.3 is 0 Å². The Morgan fingerprint density at radius 2 is 2.05 bits per heavy atom. The van der Waals surface area contributed by atoms with E-state index in [0.29, 0.717) is 6.54 Å². The lowest BCUT2D eigenvalue weighted by Gasteiger charge is -2.07. The second-order valence-corrected chi connectivity index (χ2v) is 4.74. The highest BCUT2D eigenvalue weighted by Crippen LogP contribution is 2.24. The SMILES string of the molecule is Cc1ccccc1-c1ccn2c(CCN)ncc2c1. The van der Waals surface area contributed by atoms with E-state index in [1.165, 1.54) is 16.7 Å². The van der Waals surface area contributed by atoms with E-state index in [0.717, 1.165) is 17.8 Å². The molecule has 0 bridgehead atoms. The van der Waals surface area contributed by atoms with E-state index in [4.69, 9.17) is 5.73 Å². The number of rotatable bonds is 3. The van der Waals surface area contributed by atoms with Crippen LogP contribution >= 0.6 is 0 Å². The Bertz CT molecular complexity index is 713. The molecular formula is C16H17N3. The number of aromatic nitrogens is 2. The van der Waals surface area contributed by atoms with Crippen molar-refractivity contribution in [1.82, 2.24) is 9.38 Å². The molecule has 0 atom stereocenters. The van der Waals surface area contributed by atoms with Crippen molar-refractivity contribution in [3.8, 4) is 11.1 Å². The molecule has 3 heteroatoms. The number of fused-ring (bicyclic) bond motifs is 1. The van der Waals surface area contributed by atoms with Gasteiger partial charge in [0.1, 0.15) is 5.82 Å². The van der Waals surface area contributed by atoms with Crippen molar-refractivity contribution in [2.45, 2.75) is 13.3 Å². The quantitative estimate of drug-likeness (QED) is 0.778. The first kappa shape index (κ1) is 11.9. The summed E-state index contributed by atoms with van der Waals surface area (Å²) in [6, 6.07) is 12.7. The number of nitrogens with two attached hydrogens (primary N) is 1. The zero-order valence-electron chi connectivity index (χ0n) is 11.0. The van der Waals surface area contributed by atoms with E-state index in [-0.39, 0.29) is 0 Å². The topological polar surface area (TPSA) is 43.3 Å². The molecule has 2 aromatic heterocycles. The molecule has 0 aliphatic heterocycles. The van der Waals surface area contributed by atoms with E-state index < -0.39 is 0 Å². The third kappa shape index (κ3) is 2.13. The van der Waals surface area contributed by atoms with Crippen LogP contribution in [0.2, 0.25) is 0 Å². The van der Waals surface area contributed by atoms with E-state index in [1.807, 2.05) is 6.20 Å². The van der Waals surface area contributed by atoms with Gasteiger partial charge in [0.2, 0.25) is 0 Å². The van der Waals surface area contributed by atoms with Crippen LogP contribution in [0.15, 0.2) is 48.8 Å². The van der Waals surface area contributed by atoms with Crippen LogP contribution in [0.1, 0.15) is 11.4 Å². The summed E-state index contributed by atoms with van der Waals surface area (Å²) in [5.41, 5.74) is 10.5. The fraction of sp³-hybridized carbons (Fsp3) is 0.188. The van der Waals surface area contributed by atoms with Crippen LogP contribution in [0.25, 0.3) is 16.6 Å². The maximum Gasteiger partial charge on any atom is 0.114 e. The average molecular weight is 251 g/mol. The van der Waals surface area contributed by atoms with Crippen molar-refractivity contribution >= 4 is 5.52 Å². The van der Waals surface area contributed by atoms with Gasteiger partial charge in [0.15, 0.2) is 0 Å². The normalized spacial score (nSPS) is 11.1. The van der Waals surface area contributed by atoms with Crippen LogP contribution in [0, 0.1) is 6.92 Å². The van der Waals surface area contributed by atoms with Gasteiger partial charge in [-0.3, -0.25) is 0 Å². The molecule has 2 N–H and O–H groups in total. The van der Waals surface area contributed by atoms with E-state index >= 15 is 0 Å². The van der Waals surface area contributed by atoms with Gasteiger partial charge < -0.3 is 10.1 Å². The minimum Gasteiger partial charge on any atom is -0.330 e. The highest BCUT2D eigenvalue weighted by Gasteiger charge is 2.05. The minimum absolute atomic E-state index is 0.624. The van der Waals surface area contributed by atoms with Gasteiger partial charge in [0.25, 0.3) is 0 Å². The standard InChI is InChI=1S/C16H17N3/c1-12-4-2-3-5-15(12)13-7-9-19-14(10-13)11-18-16(19)6-8-17/h2-5,7,9-11H,6,8,17H2,1H3. The summed E-state index contributed by atoms with van der Waals surface area (Å²) in [5.74, 6) is 1.02. The molecule has 3 nitrogen and oxygen atoms in total. The minimum atomic E-state index is 0.624. The Balaban J connectivity index is 2.10. The number of hydrogen-bond acceptors (Lipinski definition) is 2. The molecule has 0 aliphatic carbocycles. The number of hydrogen-bond donors (Lipinski definition) is 1. The molecule has 0 aliphatic rings. The Hall–Kier alpha value is -2.13. The third-order valence-corrected chi connectivity index (χ3v) is 3.43. The van der Waals surface area contributed by atoms with Crippen LogP contribution in [0.3, 0.4) is 0 Å². The van der Waals surface area contributed by atoms with Gasteiger partial charge in [-0.15, -0.1) is 0 Å². The number of aryl methyl sites for hydroxylation is 1. The predicted octanol–water partition coefficient (Wildman–Crippen LogP) is 2.81. The lowest BCUT2D eigenvalue weighted by atomic mass is 10.0. The first-order valence-electron chi connectivity index (χ1n) is 6.51. The van der Waals surface area contributed by atoms with Crippen molar-refractivity contribution in [1.29, 1.82) is 0 Å². The zero-order valence-corrected chi connectivity index (χ0v) is 11.0. The van der Waals surface area contributed by atoms with Gasteiger partial charge in [0.05, 0.1) is 11.7 Å². The number of imidazole rings is 1. The smallest absolute Gasteiger partial charge is 0.114 e. The van der Waals surface area contributed by atoms with Crippen LogP contribution in [0.4, 0.5) is 0 Å². The second kappa shape index (κ2) is 4.86. The van der Waals surface area contributed by atoms with Crippen molar-refractivity contribution in [3.05, 3.63) is 60.2 Å². The first-order chi connectivity index (χ1) is 9.29. The summed E-state index contributed by atoms with van der Waals surface area (Å²) >= 11 is 0. The highest BCUT2D eigenvalue weighted by molar-refractivity contribution is 5.71. The van der Waals surface area contributed by atoms with Crippen LogP contribution in [-0.2, 0) is 6.42 Å². The van der Waals surface area contributed by atoms with Crippen molar-refractivity contribution in [3.63, 3.8) is 0 Å². The molecule has 3 rings (SSSR count). The Morgan fingerprint density at radius 1 is 1.21 bits per heavy atom. The Kier molecular flexibility index (Phi) is 3.05. The summed E-state index contributed by atoms with van der Waals surface area (Å²) < 4.78 is 2.11. The summed E-state index contributed by atoms with van der Waals surface area (Å²) in [6.45, 7) is 2.76. The zero-order chi connectivity index (χ0) is 13.2. The predicted molar refractivity (Wildman–Crippen MR) is 78.1 cm³/mol. The van der Waals surface area contributed by atoms with Gasteiger partial charge in [-0.25, -0.2) is 4.98 Å². The molecule has 0 saturated carbocycles. The molecule has 0 unspecified atom stereocenters. The summed E-state index contributed by atoms with van der Waals surface area (Å²) in [6.07, 6.45) is 4.79. The molecule has 0 saturated heterocycles. The molecule has 0 spiro atoms. The first-order valence-corrected chi connectivity index (χ1v) is 6.51. The van der Waals surface area contributed by atoms with E-state index in [2.05, 4.69) is 58.9 Å².